The van der Waals surface area contributed by atoms with E-state index < -0.39 is 16.9 Å². The minimum atomic E-state index is -0.750. The number of ether oxygens (including phenoxy) is 2. The molecule has 0 amide bonds. The van der Waals surface area contributed by atoms with E-state index in [4.69, 9.17) is 13.9 Å². The fourth-order valence-electron chi connectivity index (χ4n) is 4.83. The largest absolute Gasteiger partial charge is 0.494 e. The number of furan rings is 1. The van der Waals surface area contributed by atoms with Crippen molar-refractivity contribution in [3.8, 4) is 17.1 Å². The lowest BCUT2D eigenvalue weighted by atomic mass is 9.96. The Labute approximate surface area is 245 Å². The molecule has 0 radical (unpaired) electrons. The molecule has 1 aliphatic rings. The number of carbonyl (C=O) groups is 1. The molecule has 3 heterocycles. The Hall–Kier alpha value is -4.77. The predicted octanol–water partition coefficient (Wildman–Crippen LogP) is 5.06. The number of hydrogen-bond acceptors (Lipinski definition) is 9. The third-order valence-electron chi connectivity index (χ3n) is 6.68. The van der Waals surface area contributed by atoms with Crippen LogP contribution < -0.4 is 19.6 Å². The average molecular weight is 588 g/mol. The number of esters is 1. The summed E-state index contributed by atoms with van der Waals surface area (Å²) in [5.74, 6) is 1.09. The van der Waals surface area contributed by atoms with Crippen LogP contribution in [0.5, 0.6) is 5.75 Å². The second kappa shape index (κ2) is 11.6. The van der Waals surface area contributed by atoms with Crippen molar-refractivity contribution >= 4 is 29.1 Å². The van der Waals surface area contributed by atoms with Crippen LogP contribution in [0.15, 0.2) is 80.1 Å². The van der Waals surface area contributed by atoms with Crippen LogP contribution in [0.25, 0.3) is 17.4 Å². The topological polar surface area (TPSA) is 126 Å². The zero-order chi connectivity index (χ0) is 30.1. The van der Waals surface area contributed by atoms with E-state index in [2.05, 4.69) is 4.99 Å². The number of thiazole rings is 1. The van der Waals surface area contributed by atoms with Crippen molar-refractivity contribution in [2.75, 3.05) is 6.61 Å². The van der Waals surface area contributed by atoms with Crippen molar-refractivity contribution < 1.29 is 23.6 Å². The zero-order valence-corrected chi connectivity index (χ0v) is 24.6. The van der Waals surface area contributed by atoms with Crippen molar-refractivity contribution in [3.05, 3.63) is 113 Å². The number of carbonyl (C=O) groups excluding carboxylic acids is 1. The summed E-state index contributed by atoms with van der Waals surface area (Å²) in [4.78, 5) is 42.9. The van der Waals surface area contributed by atoms with Gasteiger partial charge in [-0.25, -0.2) is 9.79 Å². The molecule has 1 atom stereocenters. The lowest BCUT2D eigenvalue weighted by Crippen LogP contribution is -2.40. The third-order valence-corrected chi connectivity index (χ3v) is 7.66. The maximum atomic E-state index is 13.9. The molecule has 0 N–H and O–H groups in total. The minimum absolute atomic E-state index is 0.00170. The Balaban J connectivity index is 1.59. The zero-order valence-electron chi connectivity index (χ0n) is 23.7. The standard InChI is InChI=1S/C31H29N3O7S/c1-6-39-22-10-7-20(8-11-22)28-27(30(36)40-17(2)3)19(5)32-31-33(28)29(35)26(42-31)16-23-12-14-25(41-23)24-13-9-21(34(37)38)15-18(24)4/h7-17,28H,6H2,1-5H3/b26-16+/t28-/m0/s1. The van der Waals surface area contributed by atoms with Crippen LogP contribution in [0.2, 0.25) is 0 Å². The van der Waals surface area contributed by atoms with Gasteiger partial charge in [0.05, 0.1) is 39.5 Å². The van der Waals surface area contributed by atoms with E-state index in [0.29, 0.717) is 61.2 Å². The summed E-state index contributed by atoms with van der Waals surface area (Å²) in [7, 11) is 0. The van der Waals surface area contributed by atoms with Gasteiger partial charge in [0.15, 0.2) is 4.80 Å². The number of nitro groups is 1. The fraction of sp³-hybridized carbons (Fsp3) is 0.258. The van der Waals surface area contributed by atoms with Gasteiger partial charge in [-0.15, -0.1) is 0 Å². The highest BCUT2D eigenvalue weighted by molar-refractivity contribution is 7.07. The van der Waals surface area contributed by atoms with E-state index in [1.54, 1.807) is 64.1 Å². The lowest BCUT2D eigenvalue weighted by molar-refractivity contribution is -0.384. The van der Waals surface area contributed by atoms with Gasteiger partial charge < -0.3 is 13.9 Å². The van der Waals surface area contributed by atoms with Gasteiger partial charge >= 0.3 is 5.97 Å². The number of nitrogens with zero attached hydrogens (tertiary/aromatic N) is 3. The van der Waals surface area contributed by atoms with Crippen molar-refractivity contribution in [2.45, 2.75) is 46.8 Å². The first-order chi connectivity index (χ1) is 20.1. The normalized spacial score (nSPS) is 15.0. The van der Waals surface area contributed by atoms with Crippen LogP contribution in [0.3, 0.4) is 0 Å². The van der Waals surface area contributed by atoms with E-state index >= 15 is 0 Å². The molecule has 42 heavy (non-hydrogen) atoms. The first-order valence-electron chi connectivity index (χ1n) is 13.4. The highest BCUT2D eigenvalue weighted by Gasteiger charge is 2.34. The molecule has 1 aliphatic heterocycles. The summed E-state index contributed by atoms with van der Waals surface area (Å²) in [6, 6.07) is 14.6. The maximum absolute atomic E-state index is 13.9. The average Bonchev–Trinajstić information content (AvgIpc) is 3.52. The van der Waals surface area contributed by atoms with E-state index in [9.17, 15) is 19.7 Å². The van der Waals surface area contributed by atoms with Gasteiger partial charge in [-0.2, -0.15) is 0 Å². The number of rotatable bonds is 8. The van der Waals surface area contributed by atoms with Crippen LogP contribution in [0.1, 0.15) is 50.6 Å². The monoisotopic (exact) mass is 587 g/mol. The number of hydrogen-bond donors (Lipinski definition) is 0. The number of non-ortho nitro benzene ring substituents is 1. The number of nitro benzene ring substituents is 1. The van der Waals surface area contributed by atoms with Crippen molar-refractivity contribution in [1.29, 1.82) is 0 Å². The molecule has 4 aromatic rings. The van der Waals surface area contributed by atoms with E-state index in [0.717, 1.165) is 0 Å². The predicted molar refractivity (Wildman–Crippen MR) is 158 cm³/mol. The minimum Gasteiger partial charge on any atom is -0.494 e. The molecule has 216 valence electrons. The second-order valence-electron chi connectivity index (χ2n) is 10.00. The second-order valence-corrected chi connectivity index (χ2v) is 11.0. The van der Waals surface area contributed by atoms with Crippen molar-refractivity contribution in [1.82, 2.24) is 4.57 Å². The Morgan fingerprint density at radius 2 is 1.90 bits per heavy atom. The van der Waals surface area contributed by atoms with Crippen LogP contribution in [0.4, 0.5) is 5.69 Å². The first kappa shape index (κ1) is 28.7. The van der Waals surface area contributed by atoms with E-state index in [-0.39, 0.29) is 17.4 Å². The third kappa shape index (κ3) is 5.55. The molecule has 0 bridgehead atoms. The Morgan fingerprint density at radius 1 is 1.17 bits per heavy atom. The quantitative estimate of drug-likeness (QED) is 0.160. The highest BCUT2D eigenvalue weighted by atomic mass is 32.1. The van der Waals surface area contributed by atoms with Gasteiger partial charge in [0, 0.05) is 23.8 Å². The Bertz CT molecular complexity index is 1900. The summed E-state index contributed by atoms with van der Waals surface area (Å²) in [6.45, 7) is 9.45. The Kier molecular flexibility index (Phi) is 7.95. The van der Waals surface area contributed by atoms with Crippen molar-refractivity contribution in [2.24, 2.45) is 4.99 Å². The summed E-state index contributed by atoms with van der Waals surface area (Å²) in [5.41, 5.74) is 2.55. The van der Waals surface area contributed by atoms with Gasteiger partial charge in [-0.3, -0.25) is 19.5 Å². The molecule has 5 rings (SSSR count). The van der Waals surface area contributed by atoms with E-state index in [1.807, 2.05) is 19.1 Å². The highest BCUT2D eigenvalue weighted by Crippen LogP contribution is 2.32. The first-order valence-corrected chi connectivity index (χ1v) is 14.2. The number of aryl methyl sites for hydroxylation is 1. The number of benzene rings is 2. The molecule has 0 aliphatic carbocycles. The molecule has 0 saturated carbocycles. The summed E-state index contributed by atoms with van der Waals surface area (Å²) in [6.07, 6.45) is 1.28. The molecule has 2 aromatic carbocycles. The van der Waals surface area contributed by atoms with Gasteiger partial charge in [-0.1, -0.05) is 23.5 Å². The Morgan fingerprint density at radius 3 is 2.55 bits per heavy atom. The molecule has 0 saturated heterocycles. The molecule has 0 unspecified atom stereocenters. The molecule has 2 aromatic heterocycles. The molecular weight excluding hydrogens is 558 g/mol. The number of aromatic nitrogens is 1. The van der Waals surface area contributed by atoms with E-state index in [1.165, 1.54) is 28.0 Å². The summed E-state index contributed by atoms with van der Waals surface area (Å²) in [5, 5.41) is 11.1. The fourth-order valence-corrected chi connectivity index (χ4v) is 5.86. The van der Waals surface area contributed by atoms with Crippen LogP contribution in [-0.2, 0) is 9.53 Å². The molecule has 0 fully saturated rings. The van der Waals surface area contributed by atoms with Crippen LogP contribution in [0, 0.1) is 17.0 Å². The summed E-state index contributed by atoms with van der Waals surface area (Å²) < 4.78 is 19.0. The van der Waals surface area contributed by atoms with Crippen LogP contribution in [-0.4, -0.2) is 28.2 Å². The summed E-state index contributed by atoms with van der Waals surface area (Å²) >= 11 is 1.19. The number of allylic oxidation sites excluding steroid dienone is 1. The molecular formula is C31H29N3O7S. The molecule has 11 heteroatoms. The SMILES string of the molecule is CCOc1ccc([C@H]2C(C(=O)OC(C)C)=C(C)N=c3s/c(=C/c4ccc(-c5ccc([N+](=O)[O-])cc5C)o4)c(=O)n32)cc1. The van der Waals surface area contributed by atoms with Gasteiger partial charge in [-0.05, 0) is 76.1 Å². The lowest BCUT2D eigenvalue weighted by Gasteiger charge is -2.25. The van der Waals surface area contributed by atoms with Crippen molar-refractivity contribution in [3.63, 3.8) is 0 Å². The smallest absolute Gasteiger partial charge is 0.338 e. The molecule has 10 nitrogen and oxygen atoms in total. The maximum Gasteiger partial charge on any atom is 0.338 e. The van der Waals surface area contributed by atoms with Crippen LogP contribution >= 0.6 is 11.3 Å². The van der Waals surface area contributed by atoms with Gasteiger partial charge in [0.1, 0.15) is 17.3 Å². The molecule has 0 spiro atoms. The number of fused-ring (bicyclic) bond motifs is 1. The van der Waals surface area contributed by atoms with Gasteiger partial charge in [0.25, 0.3) is 11.2 Å². The van der Waals surface area contributed by atoms with Gasteiger partial charge in [0.2, 0.25) is 0 Å².